The van der Waals surface area contributed by atoms with Crippen molar-refractivity contribution in [2.75, 3.05) is 6.61 Å². The first-order valence-corrected chi connectivity index (χ1v) is 7.54. The van der Waals surface area contributed by atoms with Gasteiger partial charge in [0.05, 0.1) is 6.61 Å². The molecule has 0 radical (unpaired) electrons. The number of rotatable bonds is 3. The average molecular weight is 301 g/mol. The van der Waals surface area contributed by atoms with Crippen LogP contribution in [0.2, 0.25) is 5.02 Å². The van der Waals surface area contributed by atoms with Gasteiger partial charge in [0.15, 0.2) is 5.78 Å². The molecule has 0 spiro atoms. The van der Waals surface area contributed by atoms with E-state index in [0.29, 0.717) is 18.1 Å². The molecule has 0 saturated carbocycles. The topological polar surface area (TPSA) is 26.3 Å². The summed E-state index contributed by atoms with van der Waals surface area (Å²) in [5.41, 5.74) is 2.82. The van der Waals surface area contributed by atoms with E-state index in [2.05, 4.69) is 6.07 Å². The number of carbonyl (C=O) groups is 1. The van der Waals surface area contributed by atoms with E-state index in [1.54, 1.807) is 6.07 Å². The van der Waals surface area contributed by atoms with Gasteiger partial charge >= 0.3 is 0 Å². The molecule has 0 N–H and O–H groups in total. The number of ketones is 1. The Morgan fingerprint density at radius 3 is 2.90 bits per heavy atom. The molecule has 0 aromatic heterocycles. The van der Waals surface area contributed by atoms with Crippen molar-refractivity contribution in [2.45, 2.75) is 25.7 Å². The molecule has 1 aliphatic rings. The number of aryl methyl sites for hydroxylation is 1. The van der Waals surface area contributed by atoms with Gasteiger partial charge in [0.2, 0.25) is 0 Å². The van der Waals surface area contributed by atoms with E-state index >= 15 is 0 Å². The molecular weight excluding hydrogens is 284 g/mol. The zero-order valence-corrected chi connectivity index (χ0v) is 12.7. The van der Waals surface area contributed by atoms with Crippen LogP contribution in [-0.4, -0.2) is 12.4 Å². The van der Waals surface area contributed by atoms with Gasteiger partial charge in [-0.05, 0) is 54.7 Å². The number of ether oxygens (including phenoxy) is 1. The smallest absolute Gasteiger partial charge is 0.163 e. The number of benzene rings is 2. The van der Waals surface area contributed by atoms with Gasteiger partial charge in [-0.1, -0.05) is 29.8 Å². The number of fused-ring (bicyclic) bond motifs is 1. The van der Waals surface area contributed by atoms with Gasteiger partial charge in [0.1, 0.15) is 5.75 Å². The lowest BCUT2D eigenvalue weighted by molar-refractivity contribution is 0.0966. The molecule has 0 amide bonds. The first-order valence-electron chi connectivity index (χ1n) is 7.16. The molecule has 0 fully saturated rings. The van der Waals surface area contributed by atoms with Crippen molar-refractivity contribution < 1.29 is 9.53 Å². The molecule has 21 heavy (non-hydrogen) atoms. The second-order valence-electron chi connectivity index (χ2n) is 5.46. The molecular formula is C18H17ClO2. The normalized spacial score (nSPS) is 17.0. The lowest BCUT2D eigenvalue weighted by Crippen LogP contribution is -2.17. The van der Waals surface area contributed by atoms with Crippen molar-refractivity contribution in [3.05, 3.63) is 64.2 Å². The summed E-state index contributed by atoms with van der Waals surface area (Å²) in [6.07, 6.45) is 1.40. The number of para-hydroxylation sites is 1. The zero-order valence-electron chi connectivity index (χ0n) is 11.9. The molecule has 1 heterocycles. The van der Waals surface area contributed by atoms with E-state index in [1.807, 2.05) is 37.3 Å². The fourth-order valence-corrected chi connectivity index (χ4v) is 2.91. The van der Waals surface area contributed by atoms with Crippen LogP contribution in [0.1, 0.15) is 40.2 Å². The molecule has 2 aromatic carbocycles. The minimum atomic E-state index is 0.163. The van der Waals surface area contributed by atoms with E-state index in [0.717, 1.165) is 28.9 Å². The third-order valence-electron chi connectivity index (χ3n) is 3.99. The Labute approximate surface area is 129 Å². The predicted molar refractivity (Wildman–Crippen MR) is 84.4 cm³/mol. The molecule has 108 valence electrons. The van der Waals surface area contributed by atoms with Gasteiger partial charge in [-0.15, -0.1) is 0 Å². The summed E-state index contributed by atoms with van der Waals surface area (Å²) in [5, 5.41) is 0.697. The summed E-state index contributed by atoms with van der Waals surface area (Å²) in [5.74, 6) is 1.31. The van der Waals surface area contributed by atoms with E-state index in [9.17, 15) is 4.79 Å². The SMILES string of the molecule is Cc1cc(C(=O)CC2CCOc3ccccc32)ccc1Cl. The van der Waals surface area contributed by atoms with Gasteiger partial charge < -0.3 is 4.74 Å². The summed E-state index contributed by atoms with van der Waals surface area (Å²) >= 11 is 6.02. The van der Waals surface area contributed by atoms with Gasteiger partial charge in [-0.25, -0.2) is 0 Å². The summed E-state index contributed by atoms with van der Waals surface area (Å²) < 4.78 is 5.65. The maximum absolute atomic E-state index is 12.5. The maximum atomic E-state index is 12.5. The van der Waals surface area contributed by atoms with Crippen molar-refractivity contribution in [1.29, 1.82) is 0 Å². The number of Topliss-reactive ketones (excluding diaryl/α,β-unsaturated/α-hetero) is 1. The van der Waals surface area contributed by atoms with Gasteiger partial charge in [-0.3, -0.25) is 4.79 Å². The van der Waals surface area contributed by atoms with E-state index in [1.165, 1.54) is 0 Å². The molecule has 0 saturated heterocycles. The molecule has 3 rings (SSSR count). The molecule has 0 bridgehead atoms. The maximum Gasteiger partial charge on any atom is 0.163 e. The van der Waals surface area contributed by atoms with Crippen LogP contribution >= 0.6 is 11.6 Å². The summed E-state index contributed by atoms with van der Waals surface area (Å²) in [6.45, 7) is 2.59. The Morgan fingerprint density at radius 2 is 2.10 bits per heavy atom. The van der Waals surface area contributed by atoms with Gasteiger partial charge in [0.25, 0.3) is 0 Å². The second-order valence-corrected chi connectivity index (χ2v) is 5.87. The number of hydrogen-bond donors (Lipinski definition) is 0. The van der Waals surface area contributed by atoms with Crippen LogP contribution < -0.4 is 4.74 Å². The van der Waals surface area contributed by atoms with Crippen LogP contribution in [0.4, 0.5) is 0 Å². The Balaban J connectivity index is 1.81. The summed E-state index contributed by atoms with van der Waals surface area (Å²) in [4.78, 5) is 12.5. The van der Waals surface area contributed by atoms with Crippen LogP contribution in [0, 0.1) is 6.92 Å². The molecule has 1 aliphatic heterocycles. The summed E-state index contributed by atoms with van der Waals surface area (Å²) in [7, 11) is 0. The van der Waals surface area contributed by atoms with E-state index < -0.39 is 0 Å². The molecule has 0 aliphatic carbocycles. The minimum absolute atomic E-state index is 0.163. The Kier molecular flexibility index (Phi) is 3.98. The number of carbonyl (C=O) groups excluding carboxylic acids is 1. The molecule has 1 atom stereocenters. The van der Waals surface area contributed by atoms with Crippen LogP contribution in [0.25, 0.3) is 0 Å². The second kappa shape index (κ2) is 5.90. The summed E-state index contributed by atoms with van der Waals surface area (Å²) in [6, 6.07) is 13.5. The van der Waals surface area contributed by atoms with Crippen molar-refractivity contribution in [2.24, 2.45) is 0 Å². The first kappa shape index (κ1) is 14.2. The Bertz CT molecular complexity index is 679. The Hall–Kier alpha value is -1.80. The van der Waals surface area contributed by atoms with E-state index in [-0.39, 0.29) is 11.7 Å². The first-order chi connectivity index (χ1) is 10.1. The van der Waals surface area contributed by atoms with Crippen LogP contribution in [0.15, 0.2) is 42.5 Å². The zero-order chi connectivity index (χ0) is 14.8. The van der Waals surface area contributed by atoms with Gasteiger partial charge in [0, 0.05) is 17.0 Å². The largest absolute Gasteiger partial charge is 0.493 e. The highest BCUT2D eigenvalue weighted by atomic mass is 35.5. The lowest BCUT2D eigenvalue weighted by atomic mass is 9.87. The van der Waals surface area contributed by atoms with Gasteiger partial charge in [-0.2, -0.15) is 0 Å². The average Bonchev–Trinajstić information content (AvgIpc) is 2.50. The standard InChI is InChI=1S/C18H17ClO2/c1-12-10-14(6-7-16(12)19)17(20)11-13-8-9-21-18-5-3-2-4-15(13)18/h2-7,10,13H,8-9,11H2,1H3. The van der Waals surface area contributed by atoms with Crippen molar-refractivity contribution in [1.82, 2.24) is 0 Å². The molecule has 1 unspecified atom stereocenters. The molecule has 2 aromatic rings. The lowest BCUT2D eigenvalue weighted by Gasteiger charge is -2.25. The monoisotopic (exact) mass is 300 g/mol. The quantitative estimate of drug-likeness (QED) is 0.762. The fraction of sp³-hybridized carbons (Fsp3) is 0.278. The van der Waals surface area contributed by atoms with Crippen LogP contribution in [0.3, 0.4) is 0 Å². The van der Waals surface area contributed by atoms with Crippen molar-refractivity contribution in [3.8, 4) is 5.75 Å². The number of hydrogen-bond acceptors (Lipinski definition) is 2. The highest BCUT2D eigenvalue weighted by Crippen LogP contribution is 2.36. The fourth-order valence-electron chi connectivity index (χ4n) is 2.79. The molecule has 2 nitrogen and oxygen atoms in total. The highest BCUT2D eigenvalue weighted by molar-refractivity contribution is 6.31. The third-order valence-corrected chi connectivity index (χ3v) is 4.42. The van der Waals surface area contributed by atoms with Crippen LogP contribution in [-0.2, 0) is 0 Å². The van der Waals surface area contributed by atoms with Crippen molar-refractivity contribution in [3.63, 3.8) is 0 Å². The highest BCUT2D eigenvalue weighted by Gasteiger charge is 2.24. The van der Waals surface area contributed by atoms with E-state index in [4.69, 9.17) is 16.3 Å². The van der Waals surface area contributed by atoms with Crippen LogP contribution in [0.5, 0.6) is 5.75 Å². The minimum Gasteiger partial charge on any atom is -0.493 e. The van der Waals surface area contributed by atoms with Crippen molar-refractivity contribution >= 4 is 17.4 Å². The Morgan fingerprint density at radius 1 is 1.29 bits per heavy atom. The number of halogens is 1. The predicted octanol–water partition coefficient (Wildman–Crippen LogP) is 4.79. The third kappa shape index (κ3) is 2.96. The molecule has 3 heteroatoms.